The standard InChI is InChI=1S/C31H34FN5O6S/c1-18(26-14-21(17-44-26)28(33)34)36-30(40)25-13-20(31-41-11-2-12-42-31)16-37(25)27(38)15-35-29(39)19-3-7-23(8-4-19)43-24-9-5-22(32)6-10-24/h3-10,14,17-18,20,25,31H,2,11-13,15-16H2,1H3,(H3,33,34)(H,35,39)(H,36,40)/t18?,20-,25-/m0/s1. The zero-order valence-electron chi connectivity index (χ0n) is 24.1. The first-order valence-corrected chi connectivity index (χ1v) is 15.1. The van der Waals surface area contributed by atoms with Gasteiger partial charge in [0.25, 0.3) is 5.91 Å². The molecule has 5 rings (SSSR count). The summed E-state index contributed by atoms with van der Waals surface area (Å²) in [5.41, 5.74) is 6.48. The van der Waals surface area contributed by atoms with Gasteiger partial charge < -0.3 is 35.5 Å². The third-order valence-electron chi connectivity index (χ3n) is 7.48. The number of hydrogen-bond donors (Lipinski definition) is 4. The van der Waals surface area contributed by atoms with Gasteiger partial charge in [-0.3, -0.25) is 19.8 Å². The minimum absolute atomic E-state index is 0.0507. The minimum atomic E-state index is -0.781. The van der Waals surface area contributed by atoms with Crippen LogP contribution in [0, 0.1) is 17.1 Å². The number of nitrogen functional groups attached to an aromatic ring is 1. The molecular formula is C31H34FN5O6S. The van der Waals surface area contributed by atoms with Gasteiger partial charge in [0.15, 0.2) is 6.29 Å². The van der Waals surface area contributed by atoms with Gasteiger partial charge >= 0.3 is 0 Å². The summed E-state index contributed by atoms with van der Waals surface area (Å²) in [5.74, 6) is -0.918. The second-order valence-electron chi connectivity index (χ2n) is 10.7. The van der Waals surface area contributed by atoms with Gasteiger partial charge in [-0.15, -0.1) is 11.3 Å². The number of amidine groups is 1. The first-order chi connectivity index (χ1) is 21.2. The lowest BCUT2D eigenvalue weighted by molar-refractivity contribution is -0.202. The van der Waals surface area contributed by atoms with Gasteiger partial charge in [0.1, 0.15) is 29.2 Å². The van der Waals surface area contributed by atoms with E-state index < -0.39 is 24.1 Å². The summed E-state index contributed by atoms with van der Waals surface area (Å²) in [6.07, 6.45) is 0.610. The van der Waals surface area contributed by atoms with Crippen molar-refractivity contribution in [2.24, 2.45) is 11.7 Å². The fraction of sp³-hybridized carbons (Fsp3) is 0.355. The number of nitrogens with one attached hydrogen (secondary N) is 3. The Morgan fingerprint density at radius 2 is 1.75 bits per heavy atom. The Morgan fingerprint density at radius 1 is 1.09 bits per heavy atom. The van der Waals surface area contributed by atoms with Crippen LogP contribution in [0.5, 0.6) is 11.5 Å². The van der Waals surface area contributed by atoms with Crippen LogP contribution in [0.1, 0.15) is 46.6 Å². The first kappa shape index (κ1) is 31.1. The molecule has 0 spiro atoms. The highest BCUT2D eigenvalue weighted by Crippen LogP contribution is 2.31. The van der Waals surface area contributed by atoms with Crippen molar-refractivity contribution in [3.05, 3.63) is 81.8 Å². The van der Waals surface area contributed by atoms with Crippen molar-refractivity contribution in [1.82, 2.24) is 15.5 Å². The number of halogens is 1. The quantitative estimate of drug-likeness (QED) is 0.199. The van der Waals surface area contributed by atoms with E-state index >= 15 is 0 Å². The summed E-state index contributed by atoms with van der Waals surface area (Å²) in [6, 6.07) is 12.5. The molecule has 11 nitrogen and oxygen atoms in total. The molecule has 2 saturated heterocycles. The number of nitrogens with two attached hydrogens (primary N) is 1. The zero-order chi connectivity index (χ0) is 31.2. The van der Waals surface area contributed by atoms with E-state index in [1.165, 1.54) is 40.5 Å². The number of carbonyl (C=O) groups is 3. The number of amides is 3. The number of benzene rings is 2. The summed E-state index contributed by atoms with van der Waals surface area (Å²) in [7, 11) is 0. The van der Waals surface area contributed by atoms with Crippen LogP contribution < -0.4 is 21.1 Å². The third kappa shape index (κ3) is 7.59. The number of nitrogens with zero attached hydrogens (tertiary/aromatic N) is 1. The Kier molecular flexibility index (Phi) is 9.88. The van der Waals surface area contributed by atoms with Crippen molar-refractivity contribution < 1.29 is 33.0 Å². The average Bonchev–Trinajstić information content (AvgIpc) is 3.71. The topological polar surface area (TPSA) is 156 Å². The van der Waals surface area contributed by atoms with E-state index in [4.69, 9.17) is 25.4 Å². The zero-order valence-corrected chi connectivity index (χ0v) is 24.9. The molecule has 0 aliphatic carbocycles. The number of ether oxygens (including phenoxy) is 3. The number of thiophene rings is 1. The van der Waals surface area contributed by atoms with Crippen molar-refractivity contribution in [1.29, 1.82) is 5.41 Å². The molecule has 2 aliphatic heterocycles. The molecule has 2 aliphatic rings. The van der Waals surface area contributed by atoms with Crippen LogP contribution >= 0.6 is 11.3 Å². The fourth-order valence-electron chi connectivity index (χ4n) is 5.14. The smallest absolute Gasteiger partial charge is 0.251 e. The molecule has 2 fully saturated rings. The van der Waals surface area contributed by atoms with Gasteiger partial charge in [0.2, 0.25) is 11.8 Å². The third-order valence-corrected chi connectivity index (χ3v) is 8.59. The molecule has 2 aromatic carbocycles. The Labute approximate surface area is 258 Å². The van der Waals surface area contributed by atoms with E-state index in [9.17, 15) is 18.8 Å². The van der Waals surface area contributed by atoms with Crippen LogP contribution in [0.25, 0.3) is 0 Å². The van der Waals surface area contributed by atoms with Crippen LogP contribution in [0.3, 0.4) is 0 Å². The molecule has 232 valence electrons. The maximum absolute atomic E-state index is 13.5. The van der Waals surface area contributed by atoms with Gasteiger partial charge in [-0.1, -0.05) is 0 Å². The predicted octanol–water partition coefficient (Wildman–Crippen LogP) is 3.55. The van der Waals surface area contributed by atoms with Crippen molar-refractivity contribution in [3.63, 3.8) is 0 Å². The maximum atomic E-state index is 13.5. The molecule has 3 amide bonds. The van der Waals surface area contributed by atoms with Gasteiger partial charge in [-0.2, -0.15) is 0 Å². The highest BCUT2D eigenvalue weighted by Gasteiger charge is 2.44. The molecule has 0 saturated carbocycles. The van der Waals surface area contributed by atoms with Gasteiger partial charge in [-0.05, 0) is 74.4 Å². The van der Waals surface area contributed by atoms with E-state index in [2.05, 4.69) is 10.6 Å². The van der Waals surface area contributed by atoms with Crippen LogP contribution in [0.15, 0.2) is 60.0 Å². The first-order valence-electron chi connectivity index (χ1n) is 14.3. The van der Waals surface area contributed by atoms with Crippen LogP contribution in [0.2, 0.25) is 0 Å². The summed E-state index contributed by atoms with van der Waals surface area (Å²) >= 11 is 1.39. The monoisotopic (exact) mass is 623 g/mol. The SMILES string of the molecule is CC(NC(=O)[C@@H]1C[C@H](C2OCCCO2)CN1C(=O)CNC(=O)c1ccc(Oc2ccc(F)cc2)cc1)c1cc(C(=N)N)cs1. The molecule has 1 unspecified atom stereocenters. The molecule has 0 bridgehead atoms. The van der Waals surface area contributed by atoms with Gasteiger partial charge in [0.05, 0.1) is 25.8 Å². The second kappa shape index (κ2) is 14.0. The number of carbonyl (C=O) groups excluding carboxylic acids is 3. The number of rotatable bonds is 10. The van der Waals surface area contributed by atoms with E-state index in [0.717, 1.165) is 11.3 Å². The van der Waals surface area contributed by atoms with Crippen molar-refractivity contribution in [3.8, 4) is 11.5 Å². The minimum Gasteiger partial charge on any atom is -0.457 e. The normalized spacial score (nSPS) is 19.3. The molecule has 13 heteroatoms. The molecule has 5 N–H and O–H groups in total. The van der Waals surface area contributed by atoms with Crippen molar-refractivity contribution in [2.45, 2.75) is 38.1 Å². The van der Waals surface area contributed by atoms with Crippen LogP contribution in [-0.2, 0) is 19.1 Å². The molecule has 3 heterocycles. The fourth-order valence-corrected chi connectivity index (χ4v) is 6.06. The van der Waals surface area contributed by atoms with Gasteiger partial charge in [0, 0.05) is 33.8 Å². The van der Waals surface area contributed by atoms with E-state index in [-0.39, 0.29) is 42.6 Å². The van der Waals surface area contributed by atoms with Crippen molar-refractivity contribution in [2.75, 3.05) is 26.3 Å². The Bertz CT molecular complexity index is 1490. The summed E-state index contributed by atoms with van der Waals surface area (Å²) in [4.78, 5) is 42.0. The average molecular weight is 624 g/mol. The van der Waals surface area contributed by atoms with Crippen molar-refractivity contribution >= 4 is 34.9 Å². The lowest BCUT2D eigenvalue weighted by Gasteiger charge is -2.28. The predicted molar refractivity (Wildman–Crippen MR) is 161 cm³/mol. The van der Waals surface area contributed by atoms with E-state index in [1.54, 1.807) is 35.7 Å². The van der Waals surface area contributed by atoms with Crippen LogP contribution in [0.4, 0.5) is 4.39 Å². The lowest BCUT2D eigenvalue weighted by atomic mass is 10.0. The Balaban J connectivity index is 1.21. The number of likely N-dealkylation sites (tertiary alicyclic amines) is 1. The summed E-state index contributed by atoms with van der Waals surface area (Å²) < 4.78 is 30.4. The van der Waals surface area contributed by atoms with Crippen LogP contribution in [-0.4, -0.2) is 67.1 Å². The Morgan fingerprint density at radius 3 is 2.39 bits per heavy atom. The summed E-state index contributed by atoms with van der Waals surface area (Å²) in [5, 5.41) is 15.0. The lowest BCUT2D eigenvalue weighted by Crippen LogP contribution is -2.49. The summed E-state index contributed by atoms with van der Waals surface area (Å²) in [6.45, 7) is 2.86. The number of hydrogen-bond acceptors (Lipinski definition) is 8. The molecule has 1 aromatic heterocycles. The Hall–Kier alpha value is -4.33. The van der Waals surface area contributed by atoms with E-state index in [0.29, 0.717) is 42.3 Å². The molecule has 3 aromatic rings. The molecule has 3 atom stereocenters. The van der Waals surface area contributed by atoms with Gasteiger partial charge in [-0.25, -0.2) is 4.39 Å². The second-order valence-corrected chi connectivity index (χ2v) is 11.6. The van der Waals surface area contributed by atoms with E-state index in [1.807, 2.05) is 6.92 Å². The largest absolute Gasteiger partial charge is 0.457 e. The highest BCUT2D eigenvalue weighted by molar-refractivity contribution is 7.10. The molecular weight excluding hydrogens is 589 g/mol. The highest BCUT2D eigenvalue weighted by atomic mass is 32.1. The molecule has 44 heavy (non-hydrogen) atoms. The maximum Gasteiger partial charge on any atom is 0.251 e. The molecule has 0 radical (unpaired) electrons.